The first-order chi connectivity index (χ1) is 15.4. The molecule has 1 fully saturated rings. The summed E-state index contributed by atoms with van der Waals surface area (Å²) in [5, 5.41) is 22.1. The molecule has 2 heterocycles. The van der Waals surface area contributed by atoms with Gasteiger partial charge in [0, 0.05) is 11.8 Å². The zero-order chi connectivity index (χ0) is 22.7. The van der Waals surface area contributed by atoms with Crippen LogP contribution in [0.15, 0.2) is 47.0 Å². The zero-order valence-electron chi connectivity index (χ0n) is 17.6. The van der Waals surface area contributed by atoms with Gasteiger partial charge in [-0.25, -0.2) is 4.98 Å². The lowest BCUT2D eigenvalue weighted by Crippen LogP contribution is -2.38. The summed E-state index contributed by atoms with van der Waals surface area (Å²) < 4.78 is 11.0. The summed E-state index contributed by atoms with van der Waals surface area (Å²) in [5.41, 5.74) is 2.41. The van der Waals surface area contributed by atoms with E-state index in [0.29, 0.717) is 30.3 Å². The molecule has 0 unspecified atom stereocenters. The SMILES string of the molecule is CC(C)c1ccc(Nc2nnc(C(=O)Nc3ccc(O[C@H]4C[C@@H](C(=O)O)C4)nc3)o2)cc1. The Kier molecular flexibility index (Phi) is 6.02. The Morgan fingerprint density at radius 2 is 1.81 bits per heavy atom. The Morgan fingerprint density at radius 3 is 2.44 bits per heavy atom. The number of carbonyl (C=O) groups is 2. The van der Waals surface area contributed by atoms with E-state index >= 15 is 0 Å². The van der Waals surface area contributed by atoms with Gasteiger partial charge < -0.3 is 24.9 Å². The van der Waals surface area contributed by atoms with Crippen molar-refractivity contribution in [1.29, 1.82) is 0 Å². The lowest BCUT2D eigenvalue weighted by molar-refractivity contribution is -0.148. The van der Waals surface area contributed by atoms with E-state index in [9.17, 15) is 9.59 Å². The second kappa shape index (κ2) is 9.04. The number of amides is 1. The highest BCUT2D eigenvalue weighted by atomic mass is 16.5. The minimum absolute atomic E-state index is 0.106. The molecule has 0 aliphatic heterocycles. The minimum atomic E-state index is -0.806. The number of carboxylic acid groups (broad SMARTS) is 1. The molecule has 1 saturated carbocycles. The predicted molar refractivity (Wildman–Crippen MR) is 115 cm³/mol. The molecular formula is C22H23N5O5. The molecule has 0 radical (unpaired) electrons. The fraction of sp³-hybridized carbons (Fsp3) is 0.318. The molecule has 0 saturated heterocycles. The minimum Gasteiger partial charge on any atom is -0.481 e. The number of nitrogens with one attached hydrogen (secondary N) is 2. The molecule has 166 valence electrons. The van der Waals surface area contributed by atoms with Gasteiger partial charge >= 0.3 is 23.8 Å². The van der Waals surface area contributed by atoms with Gasteiger partial charge in [0.25, 0.3) is 0 Å². The lowest BCUT2D eigenvalue weighted by Gasteiger charge is -2.31. The van der Waals surface area contributed by atoms with Crippen LogP contribution in [0, 0.1) is 5.92 Å². The van der Waals surface area contributed by atoms with Crippen molar-refractivity contribution >= 4 is 29.3 Å². The quantitative estimate of drug-likeness (QED) is 0.480. The van der Waals surface area contributed by atoms with Crippen LogP contribution in [0.25, 0.3) is 0 Å². The molecule has 1 amide bonds. The van der Waals surface area contributed by atoms with Gasteiger partial charge in [0.05, 0.1) is 17.8 Å². The van der Waals surface area contributed by atoms with E-state index in [0.717, 1.165) is 5.69 Å². The normalized spacial score (nSPS) is 17.5. The maximum Gasteiger partial charge on any atom is 0.320 e. The van der Waals surface area contributed by atoms with E-state index in [4.69, 9.17) is 14.3 Å². The van der Waals surface area contributed by atoms with Gasteiger partial charge in [0.1, 0.15) is 6.10 Å². The molecule has 1 aromatic carbocycles. The molecule has 10 nitrogen and oxygen atoms in total. The highest BCUT2D eigenvalue weighted by molar-refractivity contribution is 6.00. The van der Waals surface area contributed by atoms with Crippen molar-refractivity contribution in [2.24, 2.45) is 5.92 Å². The molecule has 1 aliphatic rings. The molecular weight excluding hydrogens is 414 g/mol. The summed E-state index contributed by atoms with van der Waals surface area (Å²) in [4.78, 5) is 27.3. The van der Waals surface area contributed by atoms with Crippen LogP contribution in [-0.2, 0) is 4.79 Å². The van der Waals surface area contributed by atoms with Gasteiger partial charge in [-0.2, -0.15) is 0 Å². The van der Waals surface area contributed by atoms with Crippen LogP contribution >= 0.6 is 0 Å². The number of nitrogens with zero attached hydrogens (tertiary/aromatic N) is 3. The van der Waals surface area contributed by atoms with Crippen molar-refractivity contribution in [2.75, 3.05) is 10.6 Å². The fourth-order valence-corrected chi connectivity index (χ4v) is 3.18. The Bertz CT molecular complexity index is 1090. The standard InChI is InChI=1S/C22H23N5O5/c1-12(2)13-3-5-15(6-4-13)25-22-27-26-20(32-22)19(28)24-16-7-8-18(23-11-16)31-17-9-14(10-17)21(29)30/h3-8,11-12,14,17H,9-10H2,1-2H3,(H,24,28)(H,25,27)(H,29,30)/t14-,17+. The summed E-state index contributed by atoms with van der Waals surface area (Å²) in [6.45, 7) is 4.23. The number of hydrogen-bond acceptors (Lipinski definition) is 8. The van der Waals surface area contributed by atoms with Crippen molar-refractivity contribution in [1.82, 2.24) is 15.2 Å². The third-order valence-corrected chi connectivity index (χ3v) is 5.17. The summed E-state index contributed by atoms with van der Waals surface area (Å²) in [6, 6.07) is 11.2. The van der Waals surface area contributed by atoms with E-state index in [1.165, 1.54) is 11.8 Å². The van der Waals surface area contributed by atoms with Gasteiger partial charge in [-0.15, -0.1) is 5.10 Å². The van der Waals surface area contributed by atoms with Gasteiger partial charge in [0.2, 0.25) is 5.88 Å². The number of benzene rings is 1. The van der Waals surface area contributed by atoms with E-state index in [-0.39, 0.29) is 23.9 Å². The van der Waals surface area contributed by atoms with Crippen LogP contribution in [0.2, 0.25) is 0 Å². The number of anilines is 3. The molecule has 1 aliphatic carbocycles. The van der Waals surface area contributed by atoms with Gasteiger partial charge in [-0.05, 0) is 42.5 Å². The van der Waals surface area contributed by atoms with E-state index in [1.54, 1.807) is 12.1 Å². The molecule has 0 spiro atoms. The molecule has 3 aromatic rings. The van der Waals surface area contributed by atoms with Crippen LogP contribution < -0.4 is 15.4 Å². The smallest absolute Gasteiger partial charge is 0.320 e. The topological polar surface area (TPSA) is 139 Å². The molecule has 3 N–H and O–H groups in total. The first kappa shape index (κ1) is 21.3. The number of hydrogen-bond donors (Lipinski definition) is 3. The highest BCUT2D eigenvalue weighted by Crippen LogP contribution is 2.31. The second-order valence-electron chi connectivity index (χ2n) is 7.90. The Morgan fingerprint density at radius 1 is 1.09 bits per heavy atom. The summed E-state index contributed by atoms with van der Waals surface area (Å²) in [7, 11) is 0. The van der Waals surface area contributed by atoms with Crippen molar-refractivity contribution in [3.63, 3.8) is 0 Å². The number of aromatic nitrogens is 3. The first-order valence-electron chi connectivity index (χ1n) is 10.2. The Labute approximate surface area is 184 Å². The molecule has 2 aromatic heterocycles. The number of rotatable bonds is 8. The summed E-state index contributed by atoms with van der Waals surface area (Å²) in [6.07, 6.45) is 2.21. The largest absolute Gasteiger partial charge is 0.481 e. The van der Waals surface area contributed by atoms with E-state index in [2.05, 4.69) is 39.7 Å². The maximum atomic E-state index is 12.4. The second-order valence-corrected chi connectivity index (χ2v) is 7.90. The summed E-state index contributed by atoms with van der Waals surface area (Å²) in [5.74, 6) is -1.13. The number of pyridine rings is 1. The molecule has 4 rings (SSSR count). The van der Waals surface area contributed by atoms with Crippen molar-refractivity contribution in [3.8, 4) is 5.88 Å². The first-order valence-corrected chi connectivity index (χ1v) is 10.2. The van der Waals surface area contributed by atoms with Crippen LogP contribution in [-0.4, -0.2) is 38.3 Å². The number of ether oxygens (including phenoxy) is 1. The molecule has 32 heavy (non-hydrogen) atoms. The van der Waals surface area contributed by atoms with Gasteiger partial charge in [0.15, 0.2) is 0 Å². The fourth-order valence-electron chi connectivity index (χ4n) is 3.18. The summed E-state index contributed by atoms with van der Waals surface area (Å²) >= 11 is 0. The molecule has 0 atom stereocenters. The van der Waals surface area contributed by atoms with Crippen LogP contribution in [0.3, 0.4) is 0 Å². The van der Waals surface area contributed by atoms with E-state index in [1.807, 2.05) is 24.3 Å². The molecule has 0 bridgehead atoms. The maximum absolute atomic E-state index is 12.4. The van der Waals surface area contributed by atoms with Gasteiger partial charge in [-0.1, -0.05) is 31.1 Å². The predicted octanol–water partition coefficient (Wildman–Crippen LogP) is 3.83. The number of carbonyl (C=O) groups excluding carboxylic acids is 1. The highest BCUT2D eigenvalue weighted by Gasteiger charge is 2.36. The van der Waals surface area contributed by atoms with Crippen molar-refractivity contribution < 1.29 is 23.8 Å². The van der Waals surface area contributed by atoms with Crippen LogP contribution in [0.1, 0.15) is 48.9 Å². The van der Waals surface area contributed by atoms with Crippen molar-refractivity contribution in [2.45, 2.75) is 38.7 Å². The zero-order valence-corrected chi connectivity index (χ0v) is 17.6. The lowest BCUT2D eigenvalue weighted by atomic mass is 9.82. The Balaban J connectivity index is 1.29. The Hall–Kier alpha value is -3.95. The van der Waals surface area contributed by atoms with Crippen molar-refractivity contribution in [3.05, 3.63) is 54.0 Å². The average molecular weight is 437 g/mol. The van der Waals surface area contributed by atoms with Crippen LogP contribution in [0.5, 0.6) is 5.88 Å². The van der Waals surface area contributed by atoms with Gasteiger partial charge in [-0.3, -0.25) is 9.59 Å². The monoisotopic (exact) mass is 437 g/mol. The van der Waals surface area contributed by atoms with E-state index < -0.39 is 11.9 Å². The number of aliphatic carboxylic acids is 1. The third kappa shape index (κ3) is 5.02. The average Bonchev–Trinajstić information content (AvgIpc) is 3.20. The molecule has 10 heteroatoms. The number of carboxylic acids is 1. The third-order valence-electron chi connectivity index (χ3n) is 5.17. The van der Waals surface area contributed by atoms with Crippen LogP contribution in [0.4, 0.5) is 17.4 Å².